The van der Waals surface area contributed by atoms with Gasteiger partial charge in [0.25, 0.3) is 0 Å². The Morgan fingerprint density at radius 2 is 1.83 bits per heavy atom. The van der Waals surface area contributed by atoms with E-state index in [9.17, 15) is 0 Å². The largest absolute Gasteiger partial charge is 0.497 e. The Labute approximate surface area is 172 Å². The van der Waals surface area contributed by atoms with E-state index in [0.29, 0.717) is 6.04 Å². The highest BCUT2D eigenvalue weighted by Crippen LogP contribution is 2.28. The van der Waals surface area contributed by atoms with Crippen molar-refractivity contribution in [3.8, 4) is 16.9 Å². The van der Waals surface area contributed by atoms with Crippen molar-refractivity contribution in [1.29, 1.82) is 0 Å². The van der Waals surface area contributed by atoms with E-state index in [1.165, 1.54) is 16.8 Å². The zero-order chi connectivity index (χ0) is 20.1. The molecule has 3 aromatic rings. The fraction of sp³-hybridized carbons (Fsp3) is 0.391. The second-order valence-corrected chi connectivity index (χ2v) is 7.61. The van der Waals surface area contributed by atoms with E-state index in [0.717, 1.165) is 50.5 Å². The van der Waals surface area contributed by atoms with Crippen molar-refractivity contribution in [3.05, 3.63) is 60.7 Å². The molecule has 0 bridgehead atoms. The first-order valence-electron chi connectivity index (χ1n) is 10.3. The van der Waals surface area contributed by atoms with Crippen LogP contribution < -0.4 is 15.0 Å². The zero-order valence-corrected chi connectivity index (χ0v) is 17.2. The van der Waals surface area contributed by atoms with Crippen molar-refractivity contribution in [2.75, 3.05) is 31.6 Å². The number of aryl methyl sites for hydroxylation is 1. The second-order valence-electron chi connectivity index (χ2n) is 7.61. The van der Waals surface area contributed by atoms with Crippen LogP contribution in [-0.2, 0) is 13.5 Å². The first-order valence-corrected chi connectivity index (χ1v) is 10.3. The molecule has 0 amide bonds. The molecule has 0 spiro atoms. The number of benzene rings is 2. The van der Waals surface area contributed by atoms with E-state index in [-0.39, 0.29) is 0 Å². The summed E-state index contributed by atoms with van der Waals surface area (Å²) in [5.74, 6) is 1.92. The van der Waals surface area contributed by atoms with Gasteiger partial charge in [-0.15, -0.1) is 10.2 Å². The molecule has 152 valence electrons. The third kappa shape index (κ3) is 4.77. The quantitative estimate of drug-likeness (QED) is 0.670. The Morgan fingerprint density at radius 3 is 2.55 bits per heavy atom. The van der Waals surface area contributed by atoms with Crippen LogP contribution in [-0.4, -0.2) is 47.6 Å². The van der Waals surface area contributed by atoms with Crippen LogP contribution in [0.5, 0.6) is 5.75 Å². The summed E-state index contributed by atoms with van der Waals surface area (Å²) in [5.41, 5.74) is 3.71. The highest BCUT2D eigenvalue weighted by Gasteiger charge is 2.19. The van der Waals surface area contributed by atoms with Gasteiger partial charge in [-0.1, -0.05) is 24.3 Å². The normalized spacial score (nSPS) is 14.9. The molecule has 1 saturated heterocycles. The van der Waals surface area contributed by atoms with Crippen LogP contribution in [0.4, 0.5) is 5.69 Å². The standard InChI is InChI=1S/C23H29N5O/c1-27-17-25-26-23(27)9-12-24-20-10-13-28(14-11-20)21-7-3-5-18(15-21)19-6-4-8-22(16-19)29-2/h3-8,15-17,20,24H,9-14H2,1-2H3. The fourth-order valence-corrected chi connectivity index (χ4v) is 3.95. The molecule has 1 fully saturated rings. The zero-order valence-electron chi connectivity index (χ0n) is 17.2. The van der Waals surface area contributed by atoms with Crippen LogP contribution in [0.2, 0.25) is 0 Å². The van der Waals surface area contributed by atoms with Gasteiger partial charge < -0.3 is 19.5 Å². The number of hydrogen-bond donors (Lipinski definition) is 1. The predicted molar refractivity (Wildman–Crippen MR) is 116 cm³/mol. The molecule has 4 rings (SSSR count). The Morgan fingerprint density at radius 1 is 1.07 bits per heavy atom. The first-order chi connectivity index (χ1) is 14.2. The number of anilines is 1. The van der Waals surface area contributed by atoms with Gasteiger partial charge in [0.15, 0.2) is 0 Å². The Hall–Kier alpha value is -2.86. The van der Waals surface area contributed by atoms with Crippen molar-refractivity contribution >= 4 is 5.69 Å². The lowest BCUT2D eigenvalue weighted by Gasteiger charge is -2.34. The highest BCUT2D eigenvalue weighted by atomic mass is 16.5. The van der Waals surface area contributed by atoms with Gasteiger partial charge in [-0.25, -0.2) is 0 Å². The number of rotatable bonds is 7. The smallest absolute Gasteiger partial charge is 0.133 e. The number of hydrogen-bond acceptors (Lipinski definition) is 5. The number of aromatic nitrogens is 3. The maximum Gasteiger partial charge on any atom is 0.133 e. The summed E-state index contributed by atoms with van der Waals surface area (Å²) >= 11 is 0. The molecule has 1 aromatic heterocycles. The number of methoxy groups -OCH3 is 1. The fourth-order valence-electron chi connectivity index (χ4n) is 3.95. The molecule has 0 unspecified atom stereocenters. The summed E-state index contributed by atoms with van der Waals surface area (Å²) in [7, 11) is 3.70. The van der Waals surface area contributed by atoms with Gasteiger partial charge in [0, 0.05) is 44.8 Å². The molecular formula is C23H29N5O. The summed E-state index contributed by atoms with van der Waals surface area (Å²) in [6.07, 6.45) is 4.98. The molecule has 0 atom stereocenters. The number of piperidine rings is 1. The van der Waals surface area contributed by atoms with Gasteiger partial charge in [-0.05, 0) is 48.2 Å². The average Bonchev–Trinajstić information content (AvgIpc) is 3.19. The molecule has 1 aliphatic heterocycles. The maximum absolute atomic E-state index is 5.37. The van der Waals surface area contributed by atoms with Gasteiger partial charge >= 0.3 is 0 Å². The monoisotopic (exact) mass is 391 g/mol. The summed E-state index contributed by atoms with van der Waals surface area (Å²) in [6.45, 7) is 3.09. The van der Waals surface area contributed by atoms with Crippen LogP contribution in [0.1, 0.15) is 18.7 Å². The van der Waals surface area contributed by atoms with Gasteiger partial charge in [0.1, 0.15) is 17.9 Å². The molecule has 2 aromatic carbocycles. The second kappa shape index (κ2) is 9.09. The van der Waals surface area contributed by atoms with Gasteiger partial charge in [0.2, 0.25) is 0 Å². The molecule has 6 heteroatoms. The van der Waals surface area contributed by atoms with E-state index < -0.39 is 0 Å². The Kier molecular flexibility index (Phi) is 6.10. The van der Waals surface area contributed by atoms with Crippen LogP contribution in [0.15, 0.2) is 54.9 Å². The van der Waals surface area contributed by atoms with E-state index in [1.54, 1.807) is 13.4 Å². The minimum atomic E-state index is 0.570. The summed E-state index contributed by atoms with van der Waals surface area (Å²) in [6, 6.07) is 17.6. The van der Waals surface area contributed by atoms with E-state index in [1.807, 2.05) is 23.7 Å². The number of ether oxygens (including phenoxy) is 1. The lowest BCUT2D eigenvalue weighted by atomic mass is 10.0. The van der Waals surface area contributed by atoms with Crippen molar-refractivity contribution < 1.29 is 4.74 Å². The Balaban J connectivity index is 1.32. The lowest BCUT2D eigenvalue weighted by molar-refractivity contribution is 0.415. The Bertz CT molecular complexity index is 930. The molecule has 0 aliphatic carbocycles. The van der Waals surface area contributed by atoms with E-state index in [4.69, 9.17) is 4.74 Å². The molecule has 29 heavy (non-hydrogen) atoms. The lowest BCUT2D eigenvalue weighted by Crippen LogP contribution is -2.43. The van der Waals surface area contributed by atoms with Gasteiger partial charge in [0.05, 0.1) is 7.11 Å². The topological polar surface area (TPSA) is 55.2 Å². The minimum absolute atomic E-state index is 0.570. The molecular weight excluding hydrogens is 362 g/mol. The maximum atomic E-state index is 5.37. The van der Waals surface area contributed by atoms with Crippen molar-refractivity contribution in [3.63, 3.8) is 0 Å². The predicted octanol–water partition coefficient (Wildman–Crippen LogP) is 3.29. The van der Waals surface area contributed by atoms with Gasteiger partial charge in [-0.2, -0.15) is 0 Å². The van der Waals surface area contributed by atoms with Gasteiger partial charge in [-0.3, -0.25) is 0 Å². The molecule has 1 N–H and O–H groups in total. The molecule has 1 aliphatic rings. The van der Waals surface area contributed by atoms with E-state index >= 15 is 0 Å². The molecule has 2 heterocycles. The number of nitrogens with one attached hydrogen (secondary N) is 1. The van der Waals surface area contributed by atoms with E-state index in [2.05, 4.69) is 56.8 Å². The first kappa shape index (κ1) is 19.5. The summed E-state index contributed by atoms with van der Waals surface area (Å²) in [5, 5.41) is 11.8. The third-order valence-electron chi connectivity index (χ3n) is 5.70. The summed E-state index contributed by atoms with van der Waals surface area (Å²) < 4.78 is 7.36. The molecule has 6 nitrogen and oxygen atoms in total. The van der Waals surface area contributed by atoms with Crippen LogP contribution in [0.25, 0.3) is 11.1 Å². The SMILES string of the molecule is COc1cccc(-c2cccc(N3CCC(NCCc4nncn4C)CC3)c2)c1. The van der Waals surface area contributed by atoms with Crippen LogP contribution in [0, 0.1) is 0 Å². The molecule has 0 saturated carbocycles. The average molecular weight is 392 g/mol. The summed E-state index contributed by atoms with van der Waals surface area (Å²) in [4.78, 5) is 2.49. The minimum Gasteiger partial charge on any atom is -0.497 e. The molecule has 0 radical (unpaired) electrons. The van der Waals surface area contributed by atoms with Crippen molar-refractivity contribution in [1.82, 2.24) is 20.1 Å². The highest BCUT2D eigenvalue weighted by molar-refractivity contribution is 5.69. The van der Waals surface area contributed by atoms with Crippen molar-refractivity contribution in [2.45, 2.75) is 25.3 Å². The van der Waals surface area contributed by atoms with Crippen LogP contribution >= 0.6 is 0 Å². The number of nitrogens with zero attached hydrogens (tertiary/aromatic N) is 4. The third-order valence-corrected chi connectivity index (χ3v) is 5.70. The van der Waals surface area contributed by atoms with Crippen molar-refractivity contribution in [2.24, 2.45) is 7.05 Å². The van der Waals surface area contributed by atoms with Crippen LogP contribution in [0.3, 0.4) is 0 Å².